The maximum absolute atomic E-state index is 13.1. The van der Waals surface area contributed by atoms with Crippen LogP contribution in [0.1, 0.15) is 21.6 Å². The van der Waals surface area contributed by atoms with Gasteiger partial charge in [0.25, 0.3) is 5.91 Å². The average Bonchev–Trinajstić information content (AvgIpc) is 3.41. The number of thiazole rings is 1. The first-order valence-electron chi connectivity index (χ1n) is 11.0. The molecule has 0 saturated carbocycles. The molecule has 9 heteroatoms. The van der Waals surface area contributed by atoms with Crippen LogP contribution in [0.15, 0.2) is 47.3 Å². The average molecular weight is 484 g/mol. The van der Waals surface area contributed by atoms with Crippen molar-refractivity contribution in [3.63, 3.8) is 0 Å². The molecule has 2 aromatic carbocycles. The summed E-state index contributed by atoms with van der Waals surface area (Å²) in [6, 6.07) is 11.2. The van der Waals surface area contributed by atoms with E-state index < -0.39 is 0 Å². The second-order valence-electron chi connectivity index (χ2n) is 7.86. The molecule has 1 aromatic heterocycles. The monoisotopic (exact) mass is 483 g/mol. The predicted octanol–water partition coefficient (Wildman–Crippen LogP) is 3.71. The lowest BCUT2D eigenvalue weighted by molar-refractivity contribution is 0.0627. The Kier molecular flexibility index (Phi) is 7.87. The lowest BCUT2D eigenvalue weighted by atomic mass is 10.1. The van der Waals surface area contributed by atoms with E-state index in [4.69, 9.17) is 18.9 Å². The van der Waals surface area contributed by atoms with Gasteiger partial charge in [0.05, 0.1) is 32.5 Å². The summed E-state index contributed by atoms with van der Waals surface area (Å²) in [6.45, 7) is 3.92. The van der Waals surface area contributed by atoms with Crippen LogP contribution in [-0.4, -0.2) is 68.2 Å². The van der Waals surface area contributed by atoms with Gasteiger partial charge in [-0.2, -0.15) is 0 Å². The fraction of sp³-hybridized carbons (Fsp3) is 0.360. The fourth-order valence-electron chi connectivity index (χ4n) is 4.01. The van der Waals surface area contributed by atoms with Crippen LogP contribution >= 0.6 is 11.3 Å². The second-order valence-corrected chi connectivity index (χ2v) is 8.58. The minimum Gasteiger partial charge on any atom is -0.493 e. The van der Waals surface area contributed by atoms with Gasteiger partial charge < -0.3 is 23.8 Å². The minimum atomic E-state index is 0.0162. The maximum atomic E-state index is 13.1. The highest BCUT2D eigenvalue weighted by molar-refractivity contribution is 7.07. The molecule has 4 rings (SSSR count). The molecule has 1 aliphatic rings. The van der Waals surface area contributed by atoms with E-state index >= 15 is 0 Å². The fourth-order valence-corrected chi connectivity index (χ4v) is 4.55. The SMILES string of the molecule is COc1ccc(CN2CCN(C(=O)c3cccc(OCc4cscn4)c3)CC2)c(OC)c1OC. The number of carbonyl (C=O) groups excluding carboxylic acids is 1. The zero-order valence-corrected chi connectivity index (χ0v) is 20.5. The van der Waals surface area contributed by atoms with E-state index in [1.54, 1.807) is 32.9 Å². The molecule has 1 amide bonds. The first kappa shape index (κ1) is 23.8. The van der Waals surface area contributed by atoms with Gasteiger partial charge >= 0.3 is 0 Å². The van der Waals surface area contributed by atoms with Gasteiger partial charge in [-0.15, -0.1) is 11.3 Å². The van der Waals surface area contributed by atoms with Crippen LogP contribution in [0.5, 0.6) is 23.0 Å². The second kappa shape index (κ2) is 11.2. The first-order chi connectivity index (χ1) is 16.6. The maximum Gasteiger partial charge on any atom is 0.254 e. The van der Waals surface area contributed by atoms with Gasteiger partial charge in [-0.1, -0.05) is 12.1 Å². The van der Waals surface area contributed by atoms with Crippen molar-refractivity contribution in [1.82, 2.24) is 14.8 Å². The van der Waals surface area contributed by atoms with Crippen LogP contribution in [0.3, 0.4) is 0 Å². The number of aromatic nitrogens is 1. The van der Waals surface area contributed by atoms with Gasteiger partial charge in [0.2, 0.25) is 5.75 Å². The molecule has 2 heterocycles. The molecular weight excluding hydrogens is 454 g/mol. The summed E-state index contributed by atoms with van der Waals surface area (Å²) < 4.78 is 22.3. The van der Waals surface area contributed by atoms with Gasteiger partial charge in [0.15, 0.2) is 11.5 Å². The number of hydrogen-bond donors (Lipinski definition) is 0. The van der Waals surface area contributed by atoms with Crippen molar-refractivity contribution in [1.29, 1.82) is 0 Å². The summed E-state index contributed by atoms with van der Waals surface area (Å²) in [4.78, 5) is 21.5. The van der Waals surface area contributed by atoms with Crippen molar-refractivity contribution in [3.05, 3.63) is 64.1 Å². The van der Waals surface area contributed by atoms with E-state index in [0.717, 1.165) is 24.3 Å². The van der Waals surface area contributed by atoms with Crippen molar-refractivity contribution in [2.24, 2.45) is 0 Å². The van der Waals surface area contributed by atoms with Crippen LogP contribution in [-0.2, 0) is 13.2 Å². The predicted molar refractivity (Wildman–Crippen MR) is 130 cm³/mol. The number of ether oxygens (including phenoxy) is 4. The van der Waals surface area contributed by atoms with Crippen molar-refractivity contribution in [3.8, 4) is 23.0 Å². The molecule has 180 valence electrons. The minimum absolute atomic E-state index is 0.0162. The van der Waals surface area contributed by atoms with Gasteiger partial charge in [-0.05, 0) is 24.3 Å². The number of benzene rings is 2. The van der Waals surface area contributed by atoms with Crippen molar-refractivity contribution in [2.75, 3.05) is 47.5 Å². The molecule has 1 saturated heterocycles. The standard InChI is InChI=1S/C25H29N3O5S/c1-30-22-8-7-19(23(31-2)24(22)32-3)14-27-9-11-28(12-10-27)25(29)18-5-4-6-21(13-18)33-15-20-16-34-17-26-20/h4-8,13,16-17H,9-12,14-15H2,1-3H3. The van der Waals surface area contributed by atoms with E-state index in [0.29, 0.717) is 54.8 Å². The number of carbonyl (C=O) groups is 1. The number of methoxy groups -OCH3 is 3. The summed E-state index contributed by atoms with van der Waals surface area (Å²) in [7, 11) is 4.84. The highest BCUT2D eigenvalue weighted by Crippen LogP contribution is 2.40. The highest BCUT2D eigenvalue weighted by atomic mass is 32.1. The topological polar surface area (TPSA) is 73.4 Å². The van der Waals surface area contributed by atoms with Gasteiger partial charge in [-0.3, -0.25) is 9.69 Å². The van der Waals surface area contributed by atoms with E-state index in [-0.39, 0.29) is 5.91 Å². The van der Waals surface area contributed by atoms with Crippen molar-refractivity contribution >= 4 is 17.2 Å². The van der Waals surface area contributed by atoms with E-state index in [2.05, 4.69) is 9.88 Å². The molecule has 8 nitrogen and oxygen atoms in total. The van der Waals surface area contributed by atoms with E-state index in [1.807, 2.05) is 40.6 Å². The summed E-state index contributed by atoms with van der Waals surface area (Å²) >= 11 is 1.53. The third-order valence-electron chi connectivity index (χ3n) is 5.79. The first-order valence-corrected chi connectivity index (χ1v) is 12.0. The zero-order valence-electron chi connectivity index (χ0n) is 19.7. The molecule has 1 aliphatic heterocycles. The summed E-state index contributed by atoms with van der Waals surface area (Å²) in [5.74, 6) is 2.58. The largest absolute Gasteiger partial charge is 0.493 e. The number of hydrogen-bond acceptors (Lipinski definition) is 8. The Hall–Kier alpha value is -3.30. The number of amides is 1. The molecule has 1 fully saturated rings. The van der Waals surface area contributed by atoms with Gasteiger partial charge in [0, 0.05) is 49.2 Å². The van der Waals surface area contributed by atoms with Gasteiger partial charge in [-0.25, -0.2) is 4.98 Å². The Bertz CT molecular complexity index is 1100. The van der Waals surface area contributed by atoms with Crippen molar-refractivity contribution in [2.45, 2.75) is 13.2 Å². The number of rotatable bonds is 9. The lowest BCUT2D eigenvalue weighted by Gasteiger charge is -2.35. The summed E-state index contributed by atoms with van der Waals surface area (Å²) in [5, 5.41) is 1.95. The molecule has 0 radical (unpaired) electrons. The van der Waals surface area contributed by atoms with E-state index in [1.165, 1.54) is 11.3 Å². The molecular formula is C25H29N3O5S. The Morgan fingerprint density at radius 1 is 1.00 bits per heavy atom. The third-order valence-corrected chi connectivity index (χ3v) is 6.43. The lowest BCUT2D eigenvalue weighted by Crippen LogP contribution is -2.48. The Labute approximate surface area is 203 Å². The smallest absolute Gasteiger partial charge is 0.254 e. The Morgan fingerprint density at radius 3 is 2.47 bits per heavy atom. The Balaban J connectivity index is 1.35. The van der Waals surface area contributed by atoms with Crippen LogP contribution < -0.4 is 18.9 Å². The van der Waals surface area contributed by atoms with Crippen LogP contribution in [0.4, 0.5) is 0 Å². The molecule has 0 atom stereocenters. The van der Waals surface area contributed by atoms with E-state index in [9.17, 15) is 4.79 Å². The van der Waals surface area contributed by atoms with Gasteiger partial charge in [0.1, 0.15) is 12.4 Å². The summed E-state index contributed by atoms with van der Waals surface area (Å²) in [6.07, 6.45) is 0. The molecule has 0 unspecified atom stereocenters. The summed E-state index contributed by atoms with van der Waals surface area (Å²) in [5.41, 5.74) is 4.30. The van der Waals surface area contributed by atoms with Crippen LogP contribution in [0, 0.1) is 0 Å². The molecule has 0 aliphatic carbocycles. The van der Waals surface area contributed by atoms with Crippen LogP contribution in [0.25, 0.3) is 0 Å². The third kappa shape index (κ3) is 5.43. The number of nitrogens with zero attached hydrogens (tertiary/aromatic N) is 3. The Morgan fingerprint density at radius 2 is 1.79 bits per heavy atom. The molecule has 0 N–H and O–H groups in total. The highest BCUT2D eigenvalue weighted by Gasteiger charge is 2.24. The normalized spacial score (nSPS) is 14.0. The number of piperazine rings is 1. The molecule has 34 heavy (non-hydrogen) atoms. The molecule has 0 bridgehead atoms. The van der Waals surface area contributed by atoms with Crippen LogP contribution in [0.2, 0.25) is 0 Å². The molecule has 0 spiro atoms. The zero-order chi connectivity index (χ0) is 23.9. The van der Waals surface area contributed by atoms with Crippen molar-refractivity contribution < 1.29 is 23.7 Å². The molecule has 3 aromatic rings. The quantitative estimate of drug-likeness (QED) is 0.459.